The summed E-state index contributed by atoms with van der Waals surface area (Å²) >= 11 is 12.7. The van der Waals surface area contributed by atoms with Gasteiger partial charge in [0.15, 0.2) is 0 Å². The largest absolute Gasteiger partial charge is 0.333 e. The summed E-state index contributed by atoms with van der Waals surface area (Å²) in [6, 6.07) is 8.58. The lowest BCUT2D eigenvalue weighted by Crippen LogP contribution is -2.34. The number of hydrogen-bond donors (Lipinski definition) is 4. The summed E-state index contributed by atoms with van der Waals surface area (Å²) < 4.78 is 50.3. The quantitative estimate of drug-likeness (QED) is 0.274. The van der Waals surface area contributed by atoms with E-state index in [1.165, 1.54) is 36.4 Å². The Morgan fingerprint density at radius 1 is 1.00 bits per heavy atom. The first kappa shape index (κ1) is 25.9. The summed E-state index contributed by atoms with van der Waals surface area (Å²) in [7, 11) is -8.28. The Labute approximate surface area is 216 Å². The van der Waals surface area contributed by atoms with Gasteiger partial charge in [0.2, 0.25) is 10.0 Å². The Morgan fingerprint density at radius 3 is 2.33 bits per heavy atom. The van der Waals surface area contributed by atoms with Gasteiger partial charge in [-0.15, -0.1) is 11.3 Å². The number of H-pyrrole nitrogens is 1. The molecule has 0 saturated carbocycles. The number of hydrogen-bond acceptors (Lipinski definition) is 8. The molecular weight excluding hydrogens is 577 g/mol. The van der Waals surface area contributed by atoms with Crippen LogP contribution >= 0.6 is 34.5 Å². The predicted octanol–water partition coefficient (Wildman–Crippen LogP) is 2.21. The number of halogens is 2. The van der Waals surface area contributed by atoms with Crippen molar-refractivity contribution in [2.75, 3.05) is 5.32 Å². The van der Waals surface area contributed by atoms with Crippen LogP contribution in [-0.4, -0.2) is 32.4 Å². The van der Waals surface area contributed by atoms with Crippen molar-refractivity contribution in [3.8, 4) is 5.69 Å². The van der Waals surface area contributed by atoms with E-state index in [2.05, 4.69) is 10.3 Å². The monoisotopic (exact) mass is 589 g/mol. The number of rotatable bonds is 5. The number of aromatic nitrogens is 2. The van der Waals surface area contributed by atoms with Crippen molar-refractivity contribution in [2.45, 2.75) is 9.10 Å². The number of nitrogens with one attached hydrogen (secondary N) is 3. The lowest BCUT2D eigenvalue weighted by atomic mass is 10.2. The molecule has 4 rings (SSSR count). The Morgan fingerprint density at radius 2 is 1.72 bits per heavy atom. The zero-order valence-corrected chi connectivity index (χ0v) is 21.4. The topological polar surface area (TPSA) is 190 Å². The van der Waals surface area contributed by atoms with Crippen LogP contribution < -0.4 is 26.4 Å². The summed E-state index contributed by atoms with van der Waals surface area (Å²) in [5.74, 6) is 0. The lowest BCUT2D eigenvalue weighted by molar-refractivity contribution is 0.256. The maximum Gasteiger partial charge on any atom is 0.333 e. The molecule has 0 atom stereocenters. The highest BCUT2D eigenvalue weighted by atomic mass is 35.5. The van der Waals surface area contributed by atoms with Gasteiger partial charge in [0.05, 0.1) is 30.8 Å². The highest BCUT2D eigenvalue weighted by Crippen LogP contribution is 2.26. The van der Waals surface area contributed by atoms with Crippen LogP contribution in [0, 0.1) is 0 Å². The average Bonchev–Trinajstić information content (AvgIpc) is 3.21. The number of carbonyl (C=O) groups is 1. The SMILES string of the molecule is NS(=O)(=O)c1ccc2[nH]c(=O)n(-c3ccc(NC(=O)NS(=O)(=O)c4ccc(Cl)s4)cc3Cl)c(=O)c2c1. The lowest BCUT2D eigenvalue weighted by Gasteiger charge is -2.12. The number of amides is 2. The van der Waals surface area contributed by atoms with Gasteiger partial charge in [-0.1, -0.05) is 23.2 Å². The Kier molecular flexibility index (Phi) is 6.72. The van der Waals surface area contributed by atoms with Gasteiger partial charge >= 0.3 is 11.7 Å². The summed E-state index contributed by atoms with van der Waals surface area (Å²) in [5.41, 5.74) is -1.70. The fraction of sp³-hybridized carbons (Fsp3) is 0. The first-order chi connectivity index (χ1) is 16.8. The third-order valence-corrected chi connectivity index (χ3v) is 8.95. The number of urea groups is 1. The van der Waals surface area contributed by atoms with Crippen LogP contribution in [0.2, 0.25) is 9.36 Å². The maximum atomic E-state index is 13.0. The Bertz CT molecular complexity index is 1880. The molecule has 0 spiro atoms. The number of anilines is 1. The molecule has 2 aromatic heterocycles. The first-order valence-corrected chi connectivity index (χ1v) is 14.1. The molecule has 188 valence electrons. The van der Waals surface area contributed by atoms with Gasteiger partial charge in [-0.3, -0.25) is 4.79 Å². The van der Waals surface area contributed by atoms with Crippen molar-refractivity contribution in [1.29, 1.82) is 0 Å². The molecule has 0 unspecified atom stereocenters. The number of nitrogens with two attached hydrogens (primary N) is 1. The second-order valence-electron chi connectivity index (χ2n) is 7.11. The molecule has 4 aromatic rings. The van der Waals surface area contributed by atoms with E-state index in [0.717, 1.165) is 23.5 Å². The van der Waals surface area contributed by atoms with Crippen LogP contribution in [0.3, 0.4) is 0 Å². The van der Waals surface area contributed by atoms with E-state index in [4.69, 9.17) is 28.3 Å². The van der Waals surface area contributed by atoms with Crippen LogP contribution in [0.5, 0.6) is 0 Å². The number of thiophene rings is 1. The fourth-order valence-electron chi connectivity index (χ4n) is 3.13. The molecule has 0 radical (unpaired) electrons. The summed E-state index contributed by atoms with van der Waals surface area (Å²) in [5, 5.41) is 7.10. The van der Waals surface area contributed by atoms with Gasteiger partial charge < -0.3 is 10.3 Å². The molecule has 36 heavy (non-hydrogen) atoms. The van der Waals surface area contributed by atoms with Gasteiger partial charge in [-0.05, 0) is 48.5 Å². The van der Waals surface area contributed by atoms with Crippen molar-refractivity contribution < 1.29 is 21.6 Å². The third-order valence-electron chi connectivity index (χ3n) is 4.68. The fourth-order valence-corrected chi connectivity index (χ4v) is 6.32. The van der Waals surface area contributed by atoms with E-state index >= 15 is 0 Å². The maximum absolute atomic E-state index is 13.0. The molecule has 17 heteroatoms. The van der Waals surface area contributed by atoms with E-state index in [1.54, 1.807) is 0 Å². The molecule has 0 aliphatic heterocycles. The van der Waals surface area contributed by atoms with Gasteiger partial charge in [-0.25, -0.2) is 40.9 Å². The highest BCUT2D eigenvalue weighted by molar-refractivity contribution is 7.92. The molecule has 2 amide bonds. The number of aromatic amines is 1. The minimum absolute atomic E-state index is 0.0439. The molecular formula is C19H13Cl2N5O7S3. The van der Waals surface area contributed by atoms with Crippen molar-refractivity contribution in [1.82, 2.24) is 14.3 Å². The van der Waals surface area contributed by atoms with Crippen LogP contribution in [0.15, 0.2) is 67.2 Å². The standard InChI is InChI=1S/C19H13Cl2N5O7S3/c20-12-7-9(23-18(28)25-36(32,33)16-6-5-15(21)34-16)1-4-14(12)26-17(27)11-8-10(35(22,30)31)2-3-13(11)24-19(26)29/h1-8H,(H,24,29)(H2,22,30,31)(H2,23,25,28). The number of fused-ring (bicyclic) bond motifs is 1. The molecule has 0 aliphatic rings. The highest BCUT2D eigenvalue weighted by Gasteiger charge is 2.21. The van der Waals surface area contributed by atoms with E-state index in [0.29, 0.717) is 4.57 Å². The predicted molar refractivity (Wildman–Crippen MR) is 135 cm³/mol. The van der Waals surface area contributed by atoms with E-state index in [-0.39, 0.29) is 40.7 Å². The Balaban J connectivity index is 1.66. The van der Waals surface area contributed by atoms with E-state index < -0.39 is 37.3 Å². The molecule has 0 aliphatic carbocycles. The number of primary sulfonamides is 1. The molecule has 0 saturated heterocycles. The zero-order chi connectivity index (χ0) is 26.4. The van der Waals surface area contributed by atoms with Gasteiger partial charge in [-0.2, -0.15) is 0 Å². The minimum atomic E-state index is -4.17. The molecule has 0 bridgehead atoms. The van der Waals surface area contributed by atoms with Gasteiger partial charge in [0.25, 0.3) is 15.6 Å². The second kappa shape index (κ2) is 9.34. The van der Waals surface area contributed by atoms with Crippen LogP contribution in [0.25, 0.3) is 16.6 Å². The Hall–Kier alpha value is -3.21. The van der Waals surface area contributed by atoms with Crippen LogP contribution in [0.4, 0.5) is 10.5 Å². The van der Waals surface area contributed by atoms with E-state index in [1.807, 2.05) is 4.72 Å². The van der Waals surface area contributed by atoms with Crippen molar-refractivity contribution in [3.05, 3.63) is 78.7 Å². The third kappa shape index (κ3) is 5.16. The number of nitrogens with zero attached hydrogens (tertiary/aromatic N) is 1. The molecule has 2 aromatic carbocycles. The molecule has 5 N–H and O–H groups in total. The molecule has 12 nitrogen and oxygen atoms in total. The second-order valence-corrected chi connectivity index (χ2v) is 12.7. The number of benzene rings is 2. The van der Waals surface area contributed by atoms with Crippen molar-refractivity contribution in [3.63, 3.8) is 0 Å². The first-order valence-electron chi connectivity index (χ1n) is 9.47. The molecule has 2 heterocycles. The van der Waals surface area contributed by atoms with Crippen LogP contribution in [-0.2, 0) is 20.0 Å². The van der Waals surface area contributed by atoms with E-state index in [9.17, 15) is 31.2 Å². The summed E-state index contributed by atoms with van der Waals surface area (Å²) in [6.07, 6.45) is 0. The van der Waals surface area contributed by atoms with Crippen molar-refractivity contribution in [2.24, 2.45) is 5.14 Å². The van der Waals surface area contributed by atoms with Gasteiger partial charge in [0, 0.05) is 5.69 Å². The van der Waals surface area contributed by atoms with Gasteiger partial charge in [0.1, 0.15) is 4.21 Å². The minimum Gasteiger partial charge on any atom is -0.307 e. The number of carbonyl (C=O) groups excluding carboxylic acids is 1. The van der Waals surface area contributed by atoms with Crippen LogP contribution in [0.1, 0.15) is 0 Å². The smallest absolute Gasteiger partial charge is 0.307 e. The average molecular weight is 590 g/mol. The number of sulfonamides is 2. The molecule has 0 fully saturated rings. The zero-order valence-electron chi connectivity index (χ0n) is 17.5. The van der Waals surface area contributed by atoms with Crippen molar-refractivity contribution >= 4 is 77.2 Å². The normalized spacial score (nSPS) is 12.0. The summed E-state index contributed by atoms with van der Waals surface area (Å²) in [4.78, 5) is 39.9. The summed E-state index contributed by atoms with van der Waals surface area (Å²) in [6.45, 7) is 0.